The SMILES string of the molecule is COc1cc2c(cc(O)c3c(OC)ccnc32)o1. The van der Waals surface area contributed by atoms with Crippen LogP contribution in [0.1, 0.15) is 0 Å². The van der Waals surface area contributed by atoms with E-state index in [1.807, 2.05) is 0 Å². The molecule has 2 heterocycles. The van der Waals surface area contributed by atoms with Crippen LogP contribution >= 0.6 is 0 Å². The van der Waals surface area contributed by atoms with Crippen LogP contribution in [0, 0.1) is 0 Å². The average Bonchev–Trinajstić information content (AvgIpc) is 2.81. The molecule has 0 spiro atoms. The summed E-state index contributed by atoms with van der Waals surface area (Å²) in [6.07, 6.45) is 1.62. The van der Waals surface area contributed by atoms with Crippen LogP contribution in [0.15, 0.2) is 28.8 Å². The first kappa shape index (κ1) is 10.7. The van der Waals surface area contributed by atoms with Crippen LogP contribution in [-0.2, 0) is 0 Å². The Morgan fingerprint density at radius 2 is 2.06 bits per heavy atom. The van der Waals surface area contributed by atoms with Gasteiger partial charge in [0, 0.05) is 18.3 Å². The number of nitrogens with zero attached hydrogens (tertiary/aromatic N) is 1. The number of hydrogen-bond donors (Lipinski definition) is 1. The molecule has 0 unspecified atom stereocenters. The Hall–Kier alpha value is -2.43. The lowest BCUT2D eigenvalue weighted by Crippen LogP contribution is -1.87. The quantitative estimate of drug-likeness (QED) is 0.752. The zero-order chi connectivity index (χ0) is 12.7. The van der Waals surface area contributed by atoms with E-state index in [1.54, 1.807) is 25.4 Å². The third-order valence-corrected chi connectivity index (χ3v) is 2.85. The second-order valence-corrected chi connectivity index (χ2v) is 3.81. The zero-order valence-corrected chi connectivity index (χ0v) is 9.93. The monoisotopic (exact) mass is 245 g/mol. The van der Waals surface area contributed by atoms with Crippen molar-refractivity contribution < 1.29 is 19.0 Å². The van der Waals surface area contributed by atoms with Crippen LogP contribution in [0.4, 0.5) is 0 Å². The highest BCUT2D eigenvalue weighted by Crippen LogP contribution is 2.39. The summed E-state index contributed by atoms with van der Waals surface area (Å²) in [7, 11) is 3.07. The van der Waals surface area contributed by atoms with Crippen molar-refractivity contribution in [2.24, 2.45) is 0 Å². The summed E-state index contributed by atoms with van der Waals surface area (Å²) < 4.78 is 15.7. The topological polar surface area (TPSA) is 64.7 Å². The van der Waals surface area contributed by atoms with Gasteiger partial charge in [-0.15, -0.1) is 0 Å². The minimum absolute atomic E-state index is 0.0689. The first-order valence-corrected chi connectivity index (χ1v) is 5.37. The van der Waals surface area contributed by atoms with Gasteiger partial charge in [0.2, 0.25) is 0 Å². The minimum atomic E-state index is 0.0689. The van der Waals surface area contributed by atoms with Gasteiger partial charge in [-0.1, -0.05) is 0 Å². The first-order chi connectivity index (χ1) is 8.74. The fourth-order valence-corrected chi connectivity index (χ4v) is 2.04. The van der Waals surface area contributed by atoms with Crippen molar-refractivity contribution in [1.82, 2.24) is 4.98 Å². The summed E-state index contributed by atoms with van der Waals surface area (Å²) in [5, 5.41) is 11.4. The predicted molar refractivity (Wildman–Crippen MR) is 66.3 cm³/mol. The van der Waals surface area contributed by atoms with Crippen LogP contribution in [0.5, 0.6) is 17.4 Å². The van der Waals surface area contributed by atoms with Crippen molar-refractivity contribution in [3.05, 3.63) is 24.4 Å². The Kier molecular flexibility index (Phi) is 2.26. The number of aromatic nitrogens is 1. The molecule has 0 fully saturated rings. The number of phenolic OH excluding ortho intramolecular Hbond substituents is 1. The molecule has 5 nitrogen and oxygen atoms in total. The van der Waals surface area contributed by atoms with Crippen molar-refractivity contribution in [2.75, 3.05) is 14.2 Å². The van der Waals surface area contributed by atoms with Crippen molar-refractivity contribution in [3.63, 3.8) is 0 Å². The van der Waals surface area contributed by atoms with Gasteiger partial charge in [0.15, 0.2) is 0 Å². The summed E-state index contributed by atoms with van der Waals surface area (Å²) >= 11 is 0. The van der Waals surface area contributed by atoms with E-state index >= 15 is 0 Å². The molecule has 0 amide bonds. The van der Waals surface area contributed by atoms with E-state index in [1.165, 1.54) is 13.2 Å². The molecule has 0 saturated heterocycles. The van der Waals surface area contributed by atoms with E-state index in [0.29, 0.717) is 28.2 Å². The first-order valence-electron chi connectivity index (χ1n) is 5.37. The molecule has 0 radical (unpaired) electrons. The summed E-state index contributed by atoms with van der Waals surface area (Å²) in [6.45, 7) is 0. The molecule has 2 aromatic heterocycles. The third-order valence-electron chi connectivity index (χ3n) is 2.85. The van der Waals surface area contributed by atoms with Crippen LogP contribution in [0.25, 0.3) is 21.9 Å². The summed E-state index contributed by atoms with van der Waals surface area (Å²) in [6, 6.07) is 4.97. The van der Waals surface area contributed by atoms with E-state index in [2.05, 4.69) is 4.98 Å². The molecule has 5 heteroatoms. The van der Waals surface area contributed by atoms with E-state index in [-0.39, 0.29) is 5.75 Å². The maximum atomic E-state index is 10.0. The number of furan rings is 1. The van der Waals surface area contributed by atoms with Crippen LogP contribution < -0.4 is 9.47 Å². The Balaban J connectivity index is 2.49. The smallest absolute Gasteiger partial charge is 0.285 e. The Bertz CT molecular complexity index is 733. The van der Waals surface area contributed by atoms with Crippen molar-refractivity contribution in [2.45, 2.75) is 0 Å². The van der Waals surface area contributed by atoms with E-state index in [0.717, 1.165) is 5.39 Å². The highest BCUT2D eigenvalue weighted by Gasteiger charge is 2.15. The number of hydrogen-bond acceptors (Lipinski definition) is 5. The van der Waals surface area contributed by atoms with Gasteiger partial charge in [-0.25, -0.2) is 0 Å². The fraction of sp³-hybridized carbons (Fsp3) is 0.154. The van der Waals surface area contributed by atoms with E-state index in [9.17, 15) is 5.11 Å². The molecule has 0 atom stereocenters. The van der Waals surface area contributed by atoms with E-state index < -0.39 is 0 Å². The van der Waals surface area contributed by atoms with Crippen LogP contribution in [0.2, 0.25) is 0 Å². The molecular formula is C13H11NO4. The number of fused-ring (bicyclic) bond motifs is 3. The summed E-state index contributed by atoms with van der Waals surface area (Å²) in [5.41, 5.74) is 1.15. The van der Waals surface area contributed by atoms with Gasteiger partial charge in [0.25, 0.3) is 5.95 Å². The Morgan fingerprint density at radius 3 is 2.78 bits per heavy atom. The van der Waals surface area contributed by atoms with Gasteiger partial charge in [-0.05, 0) is 6.07 Å². The molecule has 0 aliphatic rings. The number of ether oxygens (including phenoxy) is 2. The Labute approximate surface area is 103 Å². The van der Waals surface area contributed by atoms with Crippen molar-refractivity contribution in [3.8, 4) is 17.4 Å². The molecule has 0 aliphatic carbocycles. The minimum Gasteiger partial charge on any atom is -0.507 e. The number of pyridine rings is 1. The number of phenols is 1. The van der Waals surface area contributed by atoms with Crippen molar-refractivity contribution >= 4 is 21.9 Å². The Morgan fingerprint density at radius 1 is 1.22 bits per heavy atom. The predicted octanol–water partition coefficient (Wildman–Crippen LogP) is 2.70. The van der Waals surface area contributed by atoms with Gasteiger partial charge in [0.05, 0.1) is 30.5 Å². The maximum Gasteiger partial charge on any atom is 0.285 e. The van der Waals surface area contributed by atoms with Crippen molar-refractivity contribution in [1.29, 1.82) is 0 Å². The molecule has 18 heavy (non-hydrogen) atoms. The lowest BCUT2D eigenvalue weighted by atomic mass is 10.1. The molecule has 0 saturated carbocycles. The maximum absolute atomic E-state index is 10.0. The number of methoxy groups -OCH3 is 2. The standard InChI is InChI=1S/C13H11NO4/c1-16-9-3-4-14-13-7-5-11(17-2)18-10(7)6-8(15)12(9)13/h3-6,15H,1-2H3. The normalized spacial score (nSPS) is 11.0. The van der Waals surface area contributed by atoms with Gasteiger partial charge >= 0.3 is 0 Å². The molecule has 3 aromatic rings. The van der Waals surface area contributed by atoms with Crippen LogP contribution in [0.3, 0.4) is 0 Å². The molecular weight excluding hydrogens is 234 g/mol. The van der Waals surface area contributed by atoms with Gasteiger partial charge in [-0.2, -0.15) is 0 Å². The lowest BCUT2D eigenvalue weighted by molar-refractivity contribution is 0.315. The molecule has 1 aromatic carbocycles. The van der Waals surface area contributed by atoms with E-state index in [4.69, 9.17) is 13.9 Å². The second kappa shape index (κ2) is 3.80. The van der Waals surface area contributed by atoms with Gasteiger partial charge in [0.1, 0.15) is 17.1 Å². The molecule has 92 valence electrons. The van der Waals surface area contributed by atoms with Gasteiger partial charge < -0.3 is 19.0 Å². The number of benzene rings is 1. The zero-order valence-electron chi connectivity index (χ0n) is 9.93. The highest BCUT2D eigenvalue weighted by molar-refractivity contribution is 6.08. The molecule has 1 N–H and O–H groups in total. The largest absolute Gasteiger partial charge is 0.507 e. The summed E-state index contributed by atoms with van der Waals surface area (Å²) in [5.74, 6) is 1.01. The number of rotatable bonds is 2. The molecule has 0 aliphatic heterocycles. The average molecular weight is 245 g/mol. The highest BCUT2D eigenvalue weighted by atomic mass is 16.6. The second-order valence-electron chi connectivity index (χ2n) is 3.81. The molecule has 0 bridgehead atoms. The van der Waals surface area contributed by atoms with Crippen LogP contribution in [-0.4, -0.2) is 24.3 Å². The fourth-order valence-electron chi connectivity index (χ4n) is 2.04. The van der Waals surface area contributed by atoms with Gasteiger partial charge in [-0.3, -0.25) is 4.98 Å². The lowest BCUT2D eigenvalue weighted by Gasteiger charge is -2.06. The molecule has 3 rings (SSSR count). The number of aromatic hydroxyl groups is 1. The third kappa shape index (κ3) is 1.37. The summed E-state index contributed by atoms with van der Waals surface area (Å²) in [4.78, 5) is 4.27.